The lowest BCUT2D eigenvalue weighted by Gasteiger charge is -1.98. The van der Waals surface area contributed by atoms with Crippen molar-refractivity contribution in [2.24, 2.45) is 0 Å². The number of aryl methyl sites for hydroxylation is 2. The predicted octanol–water partition coefficient (Wildman–Crippen LogP) is 1.34. The zero-order valence-electron chi connectivity index (χ0n) is 7.88. The Morgan fingerprint density at radius 2 is 2.31 bits per heavy atom. The van der Waals surface area contributed by atoms with Crippen molar-refractivity contribution < 1.29 is 9.53 Å². The first-order valence-corrected chi connectivity index (χ1v) is 4.68. The second kappa shape index (κ2) is 4.34. The van der Waals surface area contributed by atoms with Gasteiger partial charge < -0.3 is 4.74 Å². The van der Waals surface area contributed by atoms with Crippen LogP contribution in [-0.4, -0.2) is 24.6 Å². The number of hydrogen-bond donors (Lipinski definition) is 1. The molecular weight excluding hydrogens is 188 g/mol. The molecule has 0 unspecified atom stereocenters. The van der Waals surface area contributed by atoms with E-state index in [1.165, 1.54) is 18.4 Å². The maximum absolute atomic E-state index is 11.1. The maximum Gasteiger partial charge on any atom is 0.252 e. The van der Waals surface area contributed by atoms with Crippen LogP contribution in [0.1, 0.15) is 10.6 Å². The van der Waals surface area contributed by atoms with Gasteiger partial charge in [-0.15, -0.1) is 11.3 Å². The molecule has 13 heavy (non-hydrogen) atoms. The summed E-state index contributed by atoms with van der Waals surface area (Å²) in [6.07, 6.45) is 0. The largest absolute Gasteiger partial charge is 0.375 e. The first kappa shape index (κ1) is 10.1. The van der Waals surface area contributed by atoms with Crippen molar-refractivity contribution in [1.82, 2.24) is 4.98 Å². The number of hydrogen-bond acceptors (Lipinski definition) is 4. The minimum absolute atomic E-state index is 0.0671. The molecule has 72 valence electrons. The number of nitrogens with zero attached hydrogens (tertiary/aromatic N) is 1. The first-order valence-electron chi connectivity index (χ1n) is 3.86. The molecule has 0 atom stereocenters. The molecule has 1 heterocycles. The van der Waals surface area contributed by atoms with E-state index in [0.717, 1.165) is 10.6 Å². The van der Waals surface area contributed by atoms with Gasteiger partial charge in [0.1, 0.15) is 6.61 Å². The van der Waals surface area contributed by atoms with Gasteiger partial charge in [0.2, 0.25) is 0 Å². The fraction of sp³-hybridized carbons (Fsp3) is 0.500. The van der Waals surface area contributed by atoms with Crippen molar-refractivity contribution in [2.45, 2.75) is 13.8 Å². The molecule has 1 amide bonds. The minimum atomic E-state index is -0.170. The molecule has 1 N–H and O–H groups in total. The van der Waals surface area contributed by atoms with E-state index in [-0.39, 0.29) is 12.5 Å². The highest BCUT2D eigenvalue weighted by Gasteiger charge is 2.06. The Balaban J connectivity index is 2.59. The van der Waals surface area contributed by atoms with Crippen molar-refractivity contribution in [3.05, 3.63) is 10.6 Å². The van der Waals surface area contributed by atoms with Gasteiger partial charge in [-0.1, -0.05) is 0 Å². The normalized spacial score (nSPS) is 10.1. The number of amides is 1. The SMILES string of the molecule is COCC(=O)Nc1nc(C)c(C)s1. The summed E-state index contributed by atoms with van der Waals surface area (Å²) in [6, 6.07) is 0. The Morgan fingerprint density at radius 3 is 2.77 bits per heavy atom. The molecule has 0 aliphatic heterocycles. The van der Waals surface area contributed by atoms with E-state index in [4.69, 9.17) is 0 Å². The zero-order valence-corrected chi connectivity index (χ0v) is 8.70. The van der Waals surface area contributed by atoms with Crippen LogP contribution >= 0.6 is 11.3 Å². The predicted molar refractivity (Wildman–Crippen MR) is 52.1 cm³/mol. The van der Waals surface area contributed by atoms with Gasteiger partial charge in [0, 0.05) is 12.0 Å². The van der Waals surface area contributed by atoms with Gasteiger partial charge in [0.25, 0.3) is 5.91 Å². The Kier molecular flexibility index (Phi) is 3.39. The van der Waals surface area contributed by atoms with Crippen molar-refractivity contribution in [3.8, 4) is 0 Å². The fourth-order valence-electron chi connectivity index (χ4n) is 0.813. The number of ether oxygens (including phenoxy) is 1. The van der Waals surface area contributed by atoms with E-state index >= 15 is 0 Å². The average molecular weight is 200 g/mol. The van der Waals surface area contributed by atoms with Gasteiger partial charge in [-0.2, -0.15) is 0 Å². The number of carbonyl (C=O) groups is 1. The summed E-state index contributed by atoms with van der Waals surface area (Å²) >= 11 is 1.47. The van der Waals surface area contributed by atoms with Gasteiger partial charge in [0.05, 0.1) is 5.69 Å². The van der Waals surface area contributed by atoms with Crippen LogP contribution < -0.4 is 5.32 Å². The summed E-state index contributed by atoms with van der Waals surface area (Å²) in [4.78, 5) is 16.3. The lowest BCUT2D eigenvalue weighted by atomic mass is 10.4. The maximum atomic E-state index is 11.1. The highest BCUT2D eigenvalue weighted by atomic mass is 32.1. The standard InChI is InChI=1S/C8H12N2O2S/c1-5-6(2)13-8(9-5)10-7(11)4-12-3/h4H2,1-3H3,(H,9,10,11). The molecule has 0 radical (unpaired) electrons. The molecule has 0 aliphatic carbocycles. The van der Waals surface area contributed by atoms with Crippen LogP contribution in [-0.2, 0) is 9.53 Å². The molecule has 1 aromatic rings. The molecular formula is C8H12N2O2S. The molecule has 0 aromatic carbocycles. The number of rotatable bonds is 3. The van der Waals surface area contributed by atoms with Crippen LogP contribution in [0.2, 0.25) is 0 Å². The van der Waals surface area contributed by atoms with E-state index in [0.29, 0.717) is 5.13 Å². The molecule has 0 spiro atoms. The van der Waals surface area contributed by atoms with E-state index in [9.17, 15) is 4.79 Å². The second-order valence-corrected chi connectivity index (χ2v) is 3.84. The van der Waals surface area contributed by atoms with E-state index in [1.807, 2.05) is 13.8 Å². The zero-order chi connectivity index (χ0) is 9.84. The Hall–Kier alpha value is -0.940. The van der Waals surface area contributed by atoms with Gasteiger partial charge >= 0.3 is 0 Å². The number of aromatic nitrogens is 1. The first-order chi connectivity index (χ1) is 6.13. The summed E-state index contributed by atoms with van der Waals surface area (Å²) in [7, 11) is 1.48. The third kappa shape index (κ3) is 2.78. The van der Waals surface area contributed by atoms with Gasteiger partial charge in [0.15, 0.2) is 5.13 Å². The smallest absolute Gasteiger partial charge is 0.252 e. The van der Waals surface area contributed by atoms with Crippen LogP contribution in [0.15, 0.2) is 0 Å². The number of nitrogens with one attached hydrogen (secondary N) is 1. The number of thiazole rings is 1. The Labute approximate surface area is 80.9 Å². The van der Waals surface area contributed by atoms with Crippen molar-refractivity contribution >= 4 is 22.4 Å². The summed E-state index contributed by atoms with van der Waals surface area (Å²) in [5.41, 5.74) is 0.956. The van der Waals surface area contributed by atoms with E-state index < -0.39 is 0 Å². The lowest BCUT2D eigenvalue weighted by Crippen LogP contribution is -2.16. The summed E-state index contributed by atoms with van der Waals surface area (Å²) in [5.74, 6) is -0.170. The quantitative estimate of drug-likeness (QED) is 0.801. The summed E-state index contributed by atoms with van der Waals surface area (Å²) < 4.78 is 4.68. The fourth-order valence-corrected chi connectivity index (χ4v) is 1.64. The van der Waals surface area contributed by atoms with Crippen LogP contribution in [0.3, 0.4) is 0 Å². The van der Waals surface area contributed by atoms with Crippen LogP contribution in [0.5, 0.6) is 0 Å². The lowest BCUT2D eigenvalue weighted by molar-refractivity contribution is -0.119. The topological polar surface area (TPSA) is 51.2 Å². The van der Waals surface area contributed by atoms with E-state index in [2.05, 4.69) is 15.0 Å². The minimum Gasteiger partial charge on any atom is -0.375 e. The molecule has 0 saturated heterocycles. The van der Waals surface area contributed by atoms with Crippen LogP contribution in [0.25, 0.3) is 0 Å². The third-order valence-corrected chi connectivity index (χ3v) is 2.54. The van der Waals surface area contributed by atoms with Crippen molar-refractivity contribution in [1.29, 1.82) is 0 Å². The third-order valence-electron chi connectivity index (χ3n) is 1.55. The molecule has 0 bridgehead atoms. The molecule has 5 heteroatoms. The average Bonchev–Trinajstić information content (AvgIpc) is 2.31. The molecule has 1 rings (SSSR count). The van der Waals surface area contributed by atoms with Crippen molar-refractivity contribution in [2.75, 3.05) is 19.0 Å². The van der Waals surface area contributed by atoms with Gasteiger partial charge in [-0.05, 0) is 13.8 Å². The van der Waals surface area contributed by atoms with Gasteiger partial charge in [-0.3, -0.25) is 10.1 Å². The van der Waals surface area contributed by atoms with Crippen LogP contribution in [0.4, 0.5) is 5.13 Å². The van der Waals surface area contributed by atoms with Gasteiger partial charge in [-0.25, -0.2) is 4.98 Å². The second-order valence-electron chi connectivity index (χ2n) is 2.64. The number of anilines is 1. The Bertz CT molecular complexity index is 290. The summed E-state index contributed by atoms with van der Waals surface area (Å²) in [6.45, 7) is 3.95. The monoisotopic (exact) mass is 200 g/mol. The number of methoxy groups -OCH3 is 1. The summed E-state index contributed by atoms with van der Waals surface area (Å²) in [5, 5.41) is 3.28. The highest BCUT2D eigenvalue weighted by molar-refractivity contribution is 7.15. The molecule has 4 nitrogen and oxygen atoms in total. The van der Waals surface area contributed by atoms with Crippen molar-refractivity contribution in [3.63, 3.8) is 0 Å². The molecule has 0 fully saturated rings. The highest BCUT2D eigenvalue weighted by Crippen LogP contribution is 2.20. The number of carbonyl (C=O) groups excluding carboxylic acids is 1. The van der Waals surface area contributed by atoms with Crippen LogP contribution in [0, 0.1) is 13.8 Å². The van der Waals surface area contributed by atoms with E-state index in [1.54, 1.807) is 0 Å². The molecule has 0 saturated carbocycles. The Morgan fingerprint density at radius 1 is 1.62 bits per heavy atom. The molecule has 1 aromatic heterocycles. The molecule has 0 aliphatic rings.